The van der Waals surface area contributed by atoms with Gasteiger partial charge in [-0.2, -0.15) is 27.9 Å². The molecule has 5 N–H and O–H groups in total. The Bertz CT molecular complexity index is 453. The Morgan fingerprint density at radius 1 is 0.781 bits per heavy atom. The molecule has 0 spiro atoms. The van der Waals surface area contributed by atoms with Crippen LogP contribution in [0.1, 0.15) is 39.0 Å². The van der Waals surface area contributed by atoms with Crippen LogP contribution >= 0.6 is 15.9 Å². The van der Waals surface area contributed by atoms with Gasteiger partial charge in [0, 0.05) is 19.5 Å². The highest BCUT2D eigenvalue weighted by molar-refractivity contribution is 7.61. The van der Waals surface area contributed by atoms with Crippen LogP contribution in [0.4, 0.5) is 0 Å². The molecule has 0 atom stereocenters. The second-order valence-corrected chi connectivity index (χ2v) is 11.9. The topological polar surface area (TPSA) is 134 Å². The molecule has 32 heavy (non-hydrogen) atoms. The highest BCUT2D eigenvalue weighted by atomic mass is 31.2. The molecule has 0 radical (unpaired) electrons. The van der Waals surface area contributed by atoms with Gasteiger partial charge in [-0.1, -0.05) is 6.92 Å². The van der Waals surface area contributed by atoms with Crippen molar-refractivity contribution in [3.8, 4) is 0 Å². The lowest BCUT2D eigenvalue weighted by Gasteiger charge is -2.25. The Morgan fingerprint density at radius 2 is 1.25 bits per heavy atom. The molecule has 192 valence electrons. The van der Waals surface area contributed by atoms with Gasteiger partial charge in [0.25, 0.3) is 0 Å². The third-order valence-electron chi connectivity index (χ3n) is 4.76. The van der Waals surface area contributed by atoms with Crippen LogP contribution in [0.3, 0.4) is 0 Å². The van der Waals surface area contributed by atoms with Crippen molar-refractivity contribution in [2.24, 2.45) is 0 Å². The average molecular weight is 505 g/mol. The second-order valence-electron chi connectivity index (χ2n) is 7.34. The van der Waals surface area contributed by atoms with E-state index >= 15 is 0 Å². The van der Waals surface area contributed by atoms with Gasteiger partial charge >= 0.3 is 15.9 Å². The fraction of sp³-hybridized carbons (Fsp3) is 0.947. The molecule has 0 aromatic rings. The molecule has 0 heterocycles. The van der Waals surface area contributed by atoms with Crippen LogP contribution in [0, 0.1) is 0 Å². The van der Waals surface area contributed by atoms with Crippen LogP contribution in [0.5, 0.6) is 0 Å². The zero-order valence-corrected chi connectivity index (χ0v) is 22.3. The normalized spacial score (nSPS) is 12.5. The number of nitrogens with zero attached hydrogens (tertiary/aromatic N) is 1. The maximum atomic E-state index is 12.1. The lowest BCUT2D eigenvalue weighted by atomic mass is 10.3. The summed E-state index contributed by atoms with van der Waals surface area (Å²) in [6.45, 7) is 7.14. The monoisotopic (exact) mass is 504 g/mol. The number of amides is 1. The Morgan fingerprint density at radius 3 is 1.72 bits per heavy atom. The number of hydrogen-bond donors (Lipinski definition) is 5. The summed E-state index contributed by atoms with van der Waals surface area (Å²) in [7, 11) is -0.695. The SMILES string of the molecule is CCCNCCCNCCCNC(=O)CCCN(C[P+](O)(OC)OC)C[P+](O)(OC)OC. The molecule has 0 saturated heterocycles. The fourth-order valence-electron chi connectivity index (χ4n) is 2.83. The summed E-state index contributed by atoms with van der Waals surface area (Å²) in [5, 5.41) is 9.66. The molecule has 0 saturated carbocycles. The van der Waals surface area contributed by atoms with E-state index in [1.165, 1.54) is 28.4 Å². The lowest BCUT2D eigenvalue weighted by Crippen LogP contribution is -2.33. The number of carbonyl (C=O) groups excluding carboxylic acids is 1. The third kappa shape index (κ3) is 15.7. The zero-order valence-electron chi connectivity index (χ0n) is 20.5. The van der Waals surface area contributed by atoms with Crippen molar-refractivity contribution in [3.63, 3.8) is 0 Å². The quantitative estimate of drug-likeness (QED) is 0.109. The van der Waals surface area contributed by atoms with Crippen LogP contribution in [0.15, 0.2) is 0 Å². The van der Waals surface area contributed by atoms with Crippen LogP contribution in [0.25, 0.3) is 0 Å². The lowest BCUT2D eigenvalue weighted by molar-refractivity contribution is -0.121. The van der Waals surface area contributed by atoms with Gasteiger partial charge in [0.2, 0.25) is 5.91 Å². The first kappa shape index (κ1) is 32.0. The summed E-state index contributed by atoms with van der Waals surface area (Å²) in [6.07, 6.45) is 4.12. The van der Waals surface area contributed by atoms with Crippen LogP contribution in [0.2, 0.25) is 0 Å². The summed E-state index contributed by atoms with van der Waals surface area (Å²) in [6, 6.07) is 0. The first-order valence-corrected chi connectivity index (χ1v) is 14.7. The predicted molar refractivity (Wildman–Crippen MR) is 130 cm³/mol. The molecule has 0 rings (SSSR count). The molecular weight excluding hydrogens is 458 g/mol. The molecule has 0 fully saturated rings. The molecule has 0 aliphatic rings. The smallest absolute Gasteiger partial charge is 0.356 e. The van der Waals surface area contributed by atoms with E-state index in [2.05, 4.69) is 22.9 Å². The van der Waals surface area contributed by atoms with E-state index in [1.807, 2.05) is 0 Å². The van der Waals surface area contributed by atoms with Crippen molar-refractivity contribution in [1.82, 2.24) is 20.9 Å². The zero-order chi connectivity index (χ0) is 24.3. The summed E-state index contributed by atoms with van der Waals surface area (Å²) in [5.74, 6) is -0.0270. The second kappa shape index (κ2) is 19.3. The van der Waals surface area contributed by atoms with E-state index in [0.29, 0.717) is 25.9 Å². The summed E-state index contributed by atoms with van der Waals surface area (Å²) in [4.78, 5) is 34.6. The van der Waals surface area contributed by atoms with Crippen molar-refractivity contribution in [3.05, 3.63) is 0 Å². The highest BCUT2D eigenvalue weighted by Gasteiger charge is 2.47. The standard InChI is InChI=1S/C19H45N4O7P2/c1-6-11-20-12-8-13-21-14-9-15-22-19(24)10-7-16-23(17-31(25,27-2)28-3)18-32(26,29-4)30-5/h20-21,25-26H,6-18H2,1-5H3/q+1/p+1. The first-order valence-electron chi connectivity index (χ1n) is 11.1. The molecule has 13 heteroatoms. The molecule has 11 nitrogen and oxygen atoms in total. The Balaban J connectivity index is 4.19. The van der Waals surface area contributed by atoms with Gasteiger partial charge in [0.1, 0.15) is 0 Å². The first-order chi connectivity index (χ1) is 15.3. The van der Waals surface area contributed by atoms with Gasteiger partial charge in [-0.3, -0.25) is 4.79 Å². The average Bonchev–Trinajstić information content (AvgIpc) is 2.79. The number of rotatable bonds is 22. The van der Waals surface area contributed by atoms with Crippen molar-refractivity contribution < 1.29 is 32.7 Å². The predicted octanol–water partition coefficient (Wildman–Crippen LogP) is 1.56. The number of hydrogen-bond acceptors (Lipinski definition) is 10. The summed E-state index contributed by atoms with van der Waals surface area (Å²) < 4.78 is 20.4. The highest BCUT2D eigenvalue weighted by Crippen LogP contribution is 2.60. The van der Waals surface area contributed by atoms with Gasteiger partial charge < -0.3 is 16.0 Å². The minimum absolute atomic E-state index is 0.0270. The minimum Gasteiger partial charge on any atom is -0.356 e. The van der Waals surface area contributed by atoms with Crippen LogP contribution in [-0.4, -0.2) is 101 Å². The van der Waals surface area contributed by atoms with Gasteiger partial charge in [-0.25, -0.2) is 4.90 Å². The van der Waals surface area contributed by atoms with Gasteiger partial charge in [-0.15, -0.1) is 0 Å². The van der Waals surface area contributed by atoms with Crippen molar-refractivity contribution in [1.29, 1.82) is 0 Å². The third-order valence-corrected chi connectivity index (χ3v) is 8.56. The molecular formula is C19H46N4O7P2+2. The maximum absolute atomic E-state index is 12.1. The van der Waals surface area contributed by atoms with Gasteiger partial charge in [0.05, 0.1) is 28.4 Å². The fourth-order valence-corrected chi connectivity index (χ4v) is 5.24. The molecule has 1 amide bonds. The maximum Gasteiger partial charge on any atom is 0.423 e. The van der Waals surface area contributed by atoms with Crippen molar-refractivity contribution in [2.45, 2.75) is 39.0 Å². The van der Waals surface area contributed by atoms with E-state index in [0.717, 1.165) is 45.4 Å². The summed E-state index contributed by atoms with van der Waals surface area (Å²) >= 11 is 0. The largest absolute Gasteiger partial charge is 0.423 e. The number of nitrogens with one attached hydrogen (secondary N) is 3. The molecule has 0 aromatic carbocycles. The van der Waals surface area contributed by atoms with Crippen molar-refractivity contribution >= 4 is 21.8 Å². The van der Waals surface area contributed by atoms with E-state index < -0.39 is 15.9 Å². The van der Waals surface area contributed by atoms with Crippen LogP contribution < -0.4 is 16.0 Å². The number of carbonyl (C=O) groups is 1. The molecule has 0 aromatic heterocycles. The Hall–Kier alpha value is -0.0300. The summed E-state index contributed by atoms with van der Waals surface area (Å²) in [5.41, 5.74) is 0. The Kier molecular flexibility index (Phi) is 19.3. The van der Waals surface area contributed by atoms with E-state index in [-0.39, 0.29) is 18.5 Å². The van der Waals surface area contributed by atoms with E-state index in [9.17, 15) is 14.6 Å². The van der Waals surface area contributed by atoms with Crippen molar-refractivity contribution in [2.75, 3.05) is 80.3 Å². The van der Waals surface area contributed by atoms with Gasteiger partial charge in [0.15, 0.2) is 12.6 Å². The molecule has 0 unspecified atom stereocenters. The van der Waals surface area contributed by atoms with E-state index in [4.69, 9.17) is 18.1 Å². The van der Waals surface area contributed by atoms with Crippen LogP contribution in [-0.2, 0) is 22.9 Å². The molecule has 0 aliphatic carbocycles. The van der Waals surface area contributed by atoms with Gasteiger partial charge in [-0.05, 0) is 51.9 Å². The minimum atomic E-state index is -3.09. The van der Waals surface area contributed by atoms with E-state index in [1.54, 1.807) is 4.90 Å². The Labute approximate surface area is 195 Å². The molecule has 0 aliphatic heterocycles. The molecule has 0 bridgehead atoms.